The molecule has 1 aliphatic heterocycles. The van der Waals surface area contributed by atoms with Crippen molar-refractivity contribution in [3.63, 3.8) is 0 Å². The Morgan fingerprint density at radius 1 is 0.967 bits per heavy atom. The molecule has 1 saturated heterocycles. The van der Waals surface area contributed by atoms with Crippen molar-refractivity contribution < 1.29 is 26.7 Å². The van der Waals surface area contributed by atoms with E-state index in [0.717, 1.165) is 12.8 Å². The Morgan fingerprint density at radius 3 is 2.10 bits per heavy atom. The predicted octanol–water partition coefficient (Wildman–Crippen LogP) is 2.61. The summed E-state index contributed by atoms with van der Waals surface area (Å²) in [6, 6.07) is 9.16. The average molecular weight is 453 g/mol. The summed E-state index contributed by atoms with van der Waals surface area (Å²) in [5.41, 5.74) is 0.129. The summed E-state index contributed by atoms with van der Waals surface area (Å²) in [6.07, 6.45) is 1.59. The van der Waals surface area contributed by atoms with Crippen molar-refractivity contribution in [2.45, 2.75) is 41.7 Å². The second-order valence-corrected chi connectivity index (χ2v) is 11.8. The highest BCUT2D eigenvalue weighted by Crippen LogP contribution is 2.29. The van der Waals surface area contributed by atoms with Gasteiger partial charge in [0.15, 0.2) is 9.84 Å². The Labute approximate surface area is 176 Å². The number of amides is 1. The summed E-state index contributed by atoms with van der Waals surface area (Å²) in [7, 11) is -7.16. The molecule has 2 N–H and O–H groups in total. The lowest BCUT2D eigenvalue weighted by atomic mass is 10.2. The monoisotopic (exact) mass is 452 g/mol. The third-order valence-corrected chi connectivity index (χ3v) is 9.05. The minimum Gasteiger partial charge on any atom is -0.506 e. The number of hydrogen-bond acceptors (Lipinski definition) is 6. The Hall–Kier alpha value is -2.43. The second kappa shape index (κ2) is 8.37. The van der Waals surface area contributed by atoms with E-state index in [2.05, 4.69) is 5.32 Å². The molecule has 10 heteroatoms. The molecule has 0 aromatic heterocycles. The number of carbonyl (C=O) groups is 1. The number of sulfone groups is 1. The fraction of sp³-hybridized carbons (Fsp3) is 0.350. The first kappa shape index (κ1) is 22.3. The molecular formula is C20H24N2O6S2. The molecule has 8 nitrogen and oxygen atoms in total. The number of phenolic OH excluding ortho intramolecular Hbond substituents is 1. The first-order valence-electron chi connectivity index (χ1n) is 9.52. The van der Waals surface area contributed by atoms with Crippen LogP contribution in [0.3, 0.4) is 0 Å². The Kier molecular flexibility index (Phi) is 6.21. The molecule has 2 aromatic carbocycles. The zero-order valence-corrected chi connectivity index (χ0v) is 18.3. The van der Waals surface area contributed by atoms with Crippen molar-refractivity contribution in [3.8, 4) is 5.75 Å². The zero-order chi connectivity index (χ0) is 22.1. The van der Waals surface area contributed by atoms with Gasteiger partial charge >= 0.3 is 0 Å². The van der Waals surface area contributed by atoms with Gasteiger partial charge in [-0.3, -0.25) is 4.79 Å². The number of benzene rings is 2. The predicted molar refractivity (Wildman–Crippen MR) is 113 cm³/mol. The minimum atomic E-state index is -3.70. The van der Waals surface area contributed by atoms with E-state index in [0.29, 0.717) is 13.1 Å². The number of nitrogens with zero attached hydrogens (tertiary/aromatic N) is 1. The van der Waals surface area contributed by atoms with E-state index in [4.69, 9.17) is 0 Å². The van der Waals surface area contributed by atoms with E-state index in [9.17, 15) is 26.7 Å². The van der Waals surface area contributed by atoms with Gasteiger partial charge in [0, 0.05) is 18.7 Å². The van der Waals surface area contributed by atoms with Crippen LogP contribution in [-0.4, -0.2) is 50.5 Å². The Morgan fingerprint density at radius 2 is 1.53 bits per heavy atom. The molecule has 3 rings (SSSR count). The molecule has 0 aliphatic carbocycles. The van der Waals surface area contributed by atoms with E-state index >= 15 is 0 Å². The SMILES string of the molecule is CC(C)S(=O)(=O)c1ccc(C(=O)Nc2cc(S(=O)(=O)N3CCCC3)ccc2O)cc1. The third-order valence-electron chi connectivity index (χ3n) is 4.98. The van der Waals surface area contributed by atoms with E-state index in [1.54, 1.807) is 13.8 Å². The van der Waals surface area contributed by atoms with Crippen molar-refractivity contribution in [2.75, 3.05) is 18.4 Å². The Bertz CT molecular complexity index is 1150. The molecule has 0 unspecified atom stereocenters. The van der Waals surface area contributed by atoms with Gasteiger partial charge in [0.1, 0.15) is 5.75 Å². The van der Waals surface area contributed by atoms with E-state index < -0.39 is 31.0 Å². The van der Waals surface area contributed by atoms with Crippen LogP contribution >= 0.6 is 0 Å². The number of anilines is 1. The van der Waals surface area contributed by atoms with Gasteiger partial charge in [-0.15, -0.1) is 0 Å². The molecule has 1 aliphatic rings. The fourth-order valence-corrected chi connectivity index (χ4v) is 5.72. The van der Waals surface area contributed by atoms with Crippen LogP contribution in [0.25, 0.3) is 0 Å². The van der Waals surface area contributed by atoms with Gasteiger partial charge in [-0.05, 0) is 69.2 Å². The molecule has 0 bridgehead atoms. The molecule has 2 aromatic rings. The molecule has 1 fully saturated rings. The van der Waals surface area contributed by atoms with Crippen molar-refractivity contribution in [1.82, 2.24) is 4.31 Å². The van der Waals surface area contributed by atoms with Crippen LogP contribution in [-0.2, 0) is 19.9 Å². The number of rotatable bonds is 6. The lowest BCUT2D eigenvalue weighted by molar-refractivity contribution is 0.102. The maximum absolute atomic E-state index is 12.7. The number of aromatic hydroxyl groups is 1. The van der Waals surface area contributed by atoms with Crippen LogP contribution in [0.2, 0.25) is 0 Å². The summed E-state index contributed by atoms with van der Waals surface area (Å²) in [5, 5.41) is 12.0. The number of nitrogens with one attached hydrogen (secondary N) is 1. The van der Waals surface area contributed by atoms with Gasteiger partial charge in [-0.2, -0.15) is 4.31 Å². The molecule has 0 spiro atoms. The molecule has 1 amide bonds. The first-order valence-corrected chi connectivity index (χ1v) is 12.5. The highest BCUT2D eigenvalue weighted by atomic mass is 32.2. The topological polar surface area (TPSA) is 121 Å². The van der Waals surface area contributed by atoms with Crippen molar-refractivity contribution in [1.29, 1.82) is 0 Å². The number of carbonyl (C=O) groups excluding carboxylic acids is 1. The van der Waals surface area contributed by atoms with Gasteiger partial charge < -0.3 is 10.4 Å². The van der Waals surface area contributed by atoms with Gasteiger partial charge in [0.2, 0.25) is 10.0 Å². The molecule has 30 heavy (non-hydrogen) atoms. The summed E-state index contributed by atoms with van der Waals surface area (Å²) in [4.78, 5) is 12.6. The van der Waals surface area contributed by atoms with Crippen LogP contribution < -0.4 is 5.32 Å². The van der Waals surface area contributed by atoms with Crippen LogP contribution in [0.4, 0.5) is 5.69 Å². The quantitative estimate of drug-likeness (QED) is 0.650. The number of hydrogen-bond donors (Lipinski definition) is 2. The van der Waals surface area contributed by atoms with E-state index in [-0.39, 0.29) is 26.8 Å². The molecule has 0 saturated carbocycles. The fourth-order valence-electron chi connectivity index (χ4n) is 3.12. The molecular weight excluding hydrogens is 428 g/mol. The minimum absolute atomic E-state index is 0.0177. The van der Waals surface area contributed by atoms with Crippen molar-refractivity contribution >= 4 is 31.5 Å². The smallest absolute Gasteiger partial charge is 0.255 e. The van der Waals surface area contributed by atoms with E-state index in [1.807, 2.05) is 0 Å². The maximum atomic E-state index is 12.7. The largest absolute Gasteiger partial charge is 0.506 e. The summed E-state index contributed by atoms with van der Waals surface area (Å²) in [5.74, 6) is -0.878. The van der Waals surface area contributed by atoms with Crippen LogP contribution in [0, 0.1) is 0 Å². The van der Waals surface area contributed by atoms with Crippen molar-refractivity contribution in [2.24, 2.45) is 0 Å². The average Bonchev–Trinajstić information content (AvgIpc) is 3.25. The summed E-state index contributed by atoms with van der Waals surface area (Å²) < 4.78 is 51.2. The highest BCUT2D eigenvalue weighted by molar-refractivity contribution is 7.92. The lowest BCUT2D eigenvalue weighted by Gasteiger charge is -2.17. The molecule has 0 radical (unpaired) electrons. The van der Waals surface area contributed by atoms with Gasteiger partial charge in [-0.25, -0.2) is 16.8 Å². The summed E-state index contributed by atoms with van der Waals surface area (Å²) in [6.45, 7) is 4.02. The van der Waals surface area contributed by atoms with Crippen LogP contribution in [0.1, 0.15) is 37.0 Å². The Balaban J connectivity index is 1.83. The molecule has 1 heterocycles. The molecule has 0 atom stereocenters. The van der Waals surface area contributed by atoms with Crippen LogP contribution in [0.5, 0.6) is 5.75 Å². The van der Waals surface area contributed by atoms with E-state index in [1.165, 1.54) is 46.8 Å². The highest BCUT2D eigenvalue weighted by Gasteiger charge is 2.28. The van der Waals surface area contributed by atoms with Gasteiger partial charge in [0.05, 0.1) is 20.7 Å². The maximum Gasteiger partial charge on any atom is 0.255 e. The van der Waals surface area contributed by atoms with Crippen molar-refractivity contribution in [3.05, 3.63) is 48.0 Å². The number of sulfonamides is 1. The standard InChI is InChI=1S/C20H24N2O6S2/c1-14(2)29(25,26)16-7-5-15(6-8-16)20(24)21-18-13-17(9-10-19(18)23)30(27,28)22-11-3-4-12-22/h5-10,13-14,23H,3-4,11-12H2,1-2H3,(H,21,24). The van der Waals surface area contributed by atoms with Crippen LogP contribution in [0.15, 0.2) is 52.3 Å². The normalized spacial score (nSPS) is 15.4. The third kappa shape index (κ3) is 4.35. The van der Waals surface area contributed by atoms with Gasteiger partial charge in [0.25, 0.3) is 5.91 Å². The summed E-state index contributed by atoms with van der Waals surface area (Å²) >= 11 is 0. The molecule has 162 valence electrons. The van der Waals surface area contributed by atoms with Gasteiger partial charge in [-0.1, -0.05) is 0 Å². The zero-order valence-electron chi connectivity index (χ0n) is 16.7. The first-order chi connectivity index (χ1) is 14.0. The lowest BCUT2D eigenvalue weighted by Crippen LogP contribution is -2.28. The second-order valence-electron chi connectivity index (χ2n) is 7.36. The number of phenols is 1.